The van der Waals surface area contributed by atoms with Crippen LogP contribution in [-0.4, -0.2) is 28.8 Å². The molecular formula is C18H29N3O2. The minimum absolute atomic E-state index is 0.132. The van der Waals surface area contributed by atoms with Gasteiger partial charge in [0.05, 0.1) is 18.9 Å². The predicted octanol–water partition coefficient (Wildman–Crippen LogP) is 2.46. The van der Waals surface area contributed by atoms with Gasteiger partial charge in [-0.15, -0.1) is 0 Å². The quantitative estimate of drug-likeness (QED) is 0.801. The molecule has 0 bridgehead atoms. The van der Waals surface area contributed by atoms with Crippen LogP contribution < -0.4 is 5.32 Å². The predicted molar refractivity (Wildman–Crippen MR) is 89.1 cm³/mol. The van der Waals surface area contributed by atoms with Gasteiger partial charge < -0.3 is 10.1 Å². The number of ether oxygens (including phenoxy) is 1. The van der Waals surface area contributed by atoms with E-state index in [0.717, 1.165) is 50.6 Å². The molecular weight excluding hydrogens is 290 g/mol. The summed E-state index contributed by atoms with van der Waals surface area (Å²) in [6.07, 6.45) is 5.89. The molecule has 0 unspecified atom stereocenters. The van der Waals surface area contributed by atoms with Crippen molar-refractivity contribution < 1.29 is 9.53 Å². The van der Waals surface area contributed by atoms with Crippen LogP contribution >= 0.6 is 0 Å². The van der Waals surface area contributed by atoms with Crippen molar-refractivity contribution in [2.24, 2.45) is 11.8 Å². The van der Waals surface area contributed by atoms with Gasteiger partial charge in [0.15, 0.2) is 0 Å². The number of aromatic nitrogens is 2. The Hall–Kier alpha value is -1.36. The lowest BCUT2D eigenvalue weighted by Gasteiger charge is -2.15. The maximum Gasteiger partial charge on any atom is 0.220 e. The van der Waals surface area contributed by atoms with Gasteiger partial charge in [0, 0.05) is 43.6 Å². The fourth-order valence-electron chi connectivity index (χ4n) is 3.10. The summed E-state index contributed by atoms with van der Waals surface area (Å²) in [5.74, 6) is 1.57. The SMILES string of the molecule is CC(C)CCNC(=O)CCc1nn(CC2CC2)c2c1COCC2. The van der Waals surface area contributed by atoms with Crippen LogP contribution in [0.15, 0.2) is 0 Å². The third-order valence-electron chi connectivity index (χ3n) is 4.74. The molecule has 0 atom stereocenters. The summed E-state index contributed by atoms with van der Waals surface area (Å²) < 4.78 is 7.81. The van der Waals surface area contributed by atoms with E-state index in [1.54, 1.807) is 0 Å². The third-order valence-corrected chi connectivity index (χ3v) is 4.74. The molecule has 1 saturated carbocycles. The van der Waals surface area contributed by atoms with Crippen LogP contribution in [0.2, 0.25) is 0 Å². The normalized spacial score (nSPS) is 17.3. The van der Waals surface area contributed by atoms with Gasteiger partial charge in [-0.05, 0) is 31.1 Å². The van der Waals surface area contributed by atoms with Crippen molar-refractivity contribution in [3.63, 3.8) is 0 Å². The number of nitrogens with zero attached hydrogens (tertiary/aromatic N) is 2. The van der Waals surface area contributed by atoms with Crippen LogP contribution in [0, 0.1) is 11.8 Å². The molecule has 0 saturated heterocycles. The van der Waals surface area contributed by atoms with E-state index in [-0.39, 0.29) is 5.91 Å². The van der Waals surface area contributed by atoms with Gasteiger partial charge in [0.25, 0.3) is 0 Å². The van der Waals surface area contributed by atoms with Crippen molar-refractivity contribution in [3.05, 3.63) is 17.0 Å². The lowest BCUT2D eigenvalue weighted by Crippen LogP contribution is -2.25. The molecule has 2 heterocycles. The van der Waals surface area contributed by atoms with E-state index >= 15 is 0 Å². The average molecular weight is 319 g/mol. The fraction of sp³-hybridized carbons (Fsp3) is 0.778. The largest absolute Gasteiger partial charge is 0.376 e. The zero-order valence-electron chi connectivity index (χ0n) is 14.4. The van der Waals surface area contributed by atoms with Crippen molar-refractivity contribution in [1.29, 1.82) is 0 Å². The number of nitrogens with one attached hydrogen (secondary N) is 1. The molecule has 5 heteroatoms. The zero-order valence-corrected chi connectivity index (χ0v) is 14.4. The van der Waals surface area contributed by atoms with Crippen molar-refractivity contribution in [2.75, 3.05) is 13.2 Å². The van der Waals surface area contributed by atoms with Crippen LogP contribution in [0.25, 0.3) is 0 Å². The molecule has 1 N–H and O–H groups in total. The molecule has 3 rings (SSSR count). The Morgan fingerprint density at radius 3 is 3.00 bits per heavy atom. The Morgan fingerprint density at radius 2 is 2.26 bits per heavy atom. The molecule has 1 amide bonds. The Balaban J connectivity index is 1.56. The summed E-state index contributed by atoms with van der Waals surface area (Å²) in [5.41, 5.74) is 3.66. The molecule has 5 nitrogen and oxygen atoms in total. The van der Waals surface area contributed by atoms with Gasteiger partial charge in [-0.1, -0.05) is 13.8 Å². The lowest BCUT2D eigenvalue weighted by molar-refractivity contribution is -0.121. The zero-order chi connectivity index (χ0) is 16.2. The molecule has 1 aliphatic heterocycles. The number of aryl methyl sites for hydroxylation is 1. The molecule has 23 heavy (non-hydrogen) atoms. The van der Waals surface area contributed by atoms with E-state index in [1.165, 1.54) is 24.1 Å². The first-order valence-corrected chi connectivity index (χ1v) is 9.05. The number of carbonyl (C=O) groups excluding carboxylic acids is 1. The standard InChI is InChI=1S/C18H29N3O2/c1-13(2)7-9-19-18(22)6-5-16-15-12-23-10-8-17(15)21(20-16)11-14-3-4-14/h13-14H,3-12H2,1-2H3,(H,19,22). The van der Waals surface area contributed by atoms with Crippen molar-refractivity contribution in [3.8, 4) is 0 Å². The summed E-state index contributed by atoms with van der Waals surface area (Å²) in [4.78, 5) is 12.0. The molecule has 0 spiro atoms. The summed E-state index contributed by atoms with van der Waals surface area (Å²) in [5, 5.41) is 7.82. The number of hydrogen-bond acceptors (Lipinski definition) is 3. The van der Waals surface area contributed by atoms with Crippen molar-refractivity contribution in [1.82, 2.24) is 15.1 Å². The number of rotatable bonds is 8. The molecule has 1 aromatic rings. The van der Waals surface area contributed by atoms with E-state index < -0.39 is 0 Å². The van der Waals surface area contributed by atoms with Crippen LogP contribution in [0.1, 0.15) is 56.5 Å². The van der Waals surface area contributed by atoms with E-state index in [9.17, 15) is 4.79 Å². The summed E-state index contributed by atoms with van der Waals surface area (Å²) >= 11 is 0. The highest BCUT2D eigenvalue weighted by Gasteiger charge is 2.27. The Kier molecular flexibility index (Phi) is 5.36. The second kappa shape index (κ2) is 7.47. The van der Waals surface area contributed by atoms with Crippen molar-refractivity contribution in [2.45, 2.75) is 65.5 Å². The van der Waals surface area contributed by atoms with Gasteiger partial charge in [-0.2, -0.15) is 5.10 Å². The van der Waals surface area contributed by atoms with Gasteiger partial charge in [0.2, 0.25) is 5.91 Å². The van der Waals surface area contributed by atoms with Gasteiger partial charge >= 0.3 is 0 Å². The Labute approximate surface area is 138 Å². The molecule has 1 fully saturated rings. The summed E-state index contributed by atoms with van der Waals surface area (Å²) in [7, 11) is 0. The van der Waals surface area contributed by atoms with E-state index in [1.807, 2.05) is 0 Å². The smallest absolute Gasteiger partial charge is 0.220 e. The van der Waals surface area contributed by atoms with Gasteiger partial charge in [-0.25, -0.2) is 0 Å². The molecule has 1 aliphatic carbocycles. The minimum atomic E-state index is 0.132. The van der Waals surface area contributed by atoms with E-state index in [4.69, 9.17) is 9.84 Å². The second-order valence-corrected chi connectivity index (χ2v) is 7.33. The highest BCUT2D eigenvalue weighted by Crippen LogP contribution is 2.32. The van der Waals surface area contributed by atoms with E-state index in [2.05, 4.69) is 23.8 Å². The molecule has 1 aromatic heterocycles. The molecule has 0 aromatic carbocycles. The number of fused-ring (bicyclic) bond motifs is 1. The number of amides is 1. The molecule has 0 radical (unpaired) electrons. The molecule has 128 valence electrons. The van der Waals surface area contributed by atoms with Gasteiger partial charge in [-0.3, -0.25) is 9.48 Å². The Morgan fingerprint density at radius 1 is 1.43 bits per heavy atom. The van der Waals surface area contributed by atoms with Gasteiger partial charge in [0.1, 0.15) is 0 Å². The third kappa shape index (κ3) is 4.56. The second-order valence-electron chi connectivity index (χ2n) is 7.33. The van der Waals surface area contributed by atoms with E-state index in [0.29, 0.717) is 18.9 Å². The monoisotopic (exact) mass is 319 g/mol. The first kappa shape index (κ1) is 16.5. The maximum absolute atomic E-state index is 12.0. The van der Waals surface area contributed by atoms with Crippen molar-refractivity contribution >= 4 is 5.91 Å². The van der Waals surface area contributed by atoms with Crippen LogP contribution in [-0.2, 0) is 35.5 Å². The summed E-state index contributed by atoms with van der Waals surface area (Å²) in [6, 6.07) is 0. The topological polar surface area (TPSA) is 56.2 Å². The van der Waals surface area contributed by atoms with Crippen LogP contribution in [0.5, 0.6) is 0 Å². The average Bonchev–Trinajstić information content (AvgIpc) is 3.27. The van der Waals surface area contributed by atoms with Crippen LogP contribution in [0.3, 0.4) is 0 Å². The van der Waals surface area contributed by atoms with Crippen LogP contribution in [0.4, 0.5) is 0 Å². The number of carbonyl (C=O) groups is 1. The highest BCUT2D eigenvalue weighted by atomic mass is 16.5. The number of hydrogen-bond donors (Lipinski definition) is 1. The highest BCUT2D eigenvalue weighted by molar-refractivity contribution is 5.76. The first-order chi connectivity index (χ1) is 11.1. The first-order valence-electron chi connectivity index (χ1n) is 9.05. The lowest BCUT2D eigenvalue weighted by atomic mass is 10.1. The Bertz CT molecular complexity index is 547. The molecule has 2 aliphatic rings. The summed E-state index contributed by atoms with van der Waals surface area (Å²) in [6.45, 7) is 7.61. The minimum Gasteiger partial charge on any atom is -0.376 e. The maximum atomic E-state index is 12.0. The fourth-order valence-corrected chi connectivity index (χ4v) is 3.10.